The van der Waals surface area contributed by atoms with Gasteiger partial charge in [-0.05, 0) is 31.5 Å². The van der Waals surface area contributed by atoms with E-state index in [0.717, 1.165) is 22.5 Å². The number of aliphatic hydroxyl groups excluding tert-OH is 1. The summed E-state index contributed by atoms with van der Waals surface area (Å²) in [4.78, 5) is 0. The minimum Gasteiger partial charge on any atom is -0.497 e. The molecule has 0 spiro atoms. The molecule has 0 aliphatic carbocycles. The lowest BCUT2D eigenvalue weighted by Crippen LogP contribution is -2.14. The topological polar surface area (TPSA) is 59.3 Å². The molecule has 2 N–H and O–H groups in total. The van der Waals surface area contributed by atoms with E-state index in [1.807, 2.05) is 19.9 Å². The van der Waals surface area contributed by atoms with Crippen molar-refractivity contribution < 1.29 is 14.2 Å². The van der Waals surface area contributed by atoms with Crippen LogP contribution in [0.2, 0.25) is 0 Å². The van der Waals surface area contributed by atoms with Gasteiger partial charge in [-0.2, -0.15) is 5.10 Å². The first kappa shape index (κ1) is 16.5. The van der Waals surface area contributed by atoms with Gasteiger partial charge in [0.2, 0.25) is 0 Å². The third-order valence-electron chi connectivity index (χ3n) is 3.64. The summed E-state index contributed by atoms with van der Waals surface area (Å²) in [6.07, 6.45) is 0. The van der Waals surface area contributed by atoms with Gasteiger partial charge in [0.1, 0.15) is 11.6 Å². The first-order valence-electron chi connectivity index (χ1n) is 7.23. The molecule has 1 aromatic carbocycles. The summed E-state index contributed by atoms with van der Waals surface area (Å²) in [5.74, 6) is 0.208. The van der Waals surface area contributed by atoms with E-state index in [-0.39, 0.29) is 12.4 Å². The van der Waals surface area contributed by atoms with Gasteiger partial charge in [-0.1, -0.05) is 0 Å². The van der Waals surface area contributed by atoms with Gasteiger partial charge in [0.25, 0.3) is 0 Å². The summed E-state index contributed by atoms with van der Waals surface area (Å²) < 4.78 is 20.3. The van der Waals surface area contributed by atoms with Gasteiger partial charge in [0, 0.05) is 30.4 Å². The number of methoxy groups -OCH3 is 1. The Morgan fingerprint density at radius 3 is 2.73 bits per heavy atom. The number of hydrogen-bond acceptors (Lipinski definition) is 4. The van der Waals surface area contributed by atoms with Gasteiger partial charge in [0.15, 0.2) is 0 Å². The molecule has 0 aliphatic rings. The summed E-state index contributed by atoms with van der Waals surface area (Å²) in [6.45, 7) is 5.67. The third kappa shape index (κ3) is 3.84. The maximum Gasteiger partial charge on any atom is 0.127 e. The lowest BCUT2D eigenvalue weighted by atomic mass is 10.1. The van der Waals surface area contributed by atoms with E-state index < -0.39 is 0 Å². The number of nitrogens with zero attached hydrogens (tertiary/aromatic N) is 2. The fraction of sp³-hybridized carbons (Fsp3) is 0.438. The van der Waals surface area contributed by atoms with Gasteiger partial charge < -0.3 is 15.2 Å². The highest BCUT2D eigenvalue weighted by Crippen LogP contribution is 2.17. The van der Waals surface area contributed by atoms with E-state index >= 15 is 0 Å². The van der Waals surface area contributed by atoms with Crippen LogP contribution in [0.25, 0.3) is 0 Å². The van der Waals surface area contributed by atoms with Crippen LogP contribution in [0.1, 0.15) is 22.5 Å². The predicted molar refractivity (Wildman–Crippen MR) is 82.3 cm³/mol. The molecule has 1 heterocycles. The average molecular weight is 307 g/mol. The van der Waals surface area contributed by atoms with Crippen molar-refractivity contribution in [1.82, 2.24) is 15.1 Å². The van der Waals surface area contributed by atoms with Crippen molar-refractivity contribution in [2.24, 2.45) is 0 Å². The van der Waals surface area contributed by atoms with Gasteiger partial charge >= 0.3 is 0 Å². The third-order valence-corrected chi connectivity index (χ3v) is 3.64. The maximum absolute atomic E-state index is 13.4. The van der Waals surface area contributed by atoms with Crippen LogP contribution < -0.4 is 10.1 Å². The second-order valence-electron chi connectivity index (χ2n) is 5.20. The van der Waals surface area contributed by atoms with Gasteiger partial charge in [-0.3, -0.25) is 4.68 Å². The Morgan fingerprint density at radius 2 is 2.05 bits per heavy atom. The van der Waals surface area contributed by atoms with Crippen LogP contribution >= 0.6 is 0 Å². The number of benzene rings is 1. The predicted octanol–water partition coefficient (Wildman–Crippen LogP) is 1.93. The van der Waals surface area contributed by atoms with Crippen LogP contribution in [0, 0.1) is 19.7 Å². The van der Waals surface area contributed by atoms with Crippen molar-refractivity contribution in [3.8, 4) is 5.75 Å². The number of ether oxygens (including phenoxy) is 1. The molecular weight excluding hydrogens is 285 g/mol. The van der Waals surface area contributed by atoms with Crippen LogP contribution in [0.3, 0.4) is 0 Å². The highest BCUT2D eigenvalue weighted by molar-refractivity contribution is 5.30. The molecule has 120 valence electrons. The van der Waals surface area contributed by atoms with Crippen molar-refractivity contribution in [2.45, 2.75) is 33.5 Å². The van der Waals surface area contributed by atoms with E-state index in [1.54, 1.807) is 4.68 Å². The van der Waals surface area contributed by atoms with Crippen molar-refractivity contribution in [2.75, 3.05) is 13.7 Å². The number of aromatic nitrogens is 2. The lowest BCUT2D eigenvalue weighted by Gasteiger charge is -2.08. The normalized spacial score (nSPS) is 11.0. The molecule has 2 rings (SSSR count). The molecule has 0 saturated carbocycles. The number of rotatable bonds is 7. The summed E-state index contributed by atoms with van der Waals surface area (Å²) in [5, 5.41) is 16.7. The first-order valence-corrected chi connectivity index (χ1v) is 7.23. The zero-order valence-corrected chi connectivity index (χ0v) is 13.2. The van der Waals surface area contributed by atoms with Crippen LogP contribution in [0.15, 0.2) is 18.2 Å². The Balaban J connectivity index is 2.01. The fourth-order valence-electron chi connectivity index (χ4n) is 2.47. The van der Waals surface area contributed by atoms with Gasteiger partial charge in [-0.25, -0.2) is 4.39 Å². The molecule has 1 aromatic heterocycles. The molecule has 2 aromatic rings. The zero-order chi connectivity index (χ0) is 16.1. The zero-order valence-electron chi connectivity index (χ0n) is 13.2. The first-order chi connectivity index (χ1) is 10.5. The van der Waals surface area contributed by atoms with Gasteiger partial charge in [0.05, 0.1) is 26.0 Å². The standard InChI is InChI=1S/C16H22FN3O2/c1-11-16(12(2)20(19-11)4-5-21)10-18-9-13-6-14(17)8-15(7-13)22-3/h6-8,18,21H,4-5,9-10H2,1-3H3. The van der Waals surface area contributed by atoms with E-state index in [0.29, 0.717) is 25.4 Å². The summed E-state index contributed by atoms with van der Waals surface area (Å²) in [5.41, 5.74) is 3.91. The molecule has 0 amide bonds. The van der Waals surface area contributed by atoms with E-state index in [1.165, 1.54) is 19.2 Å². The van der Waals surface area contributed by atoms with Crippen molar-refractivity contribution in [1.29, 1.82) is 0 Å². The largest absolute Gasteiger partial charge is 0.497 e. The van der Waals surface area contributed by atoms with Gasteiger partial charge in [-0.15, -0.1) is 0 Å². The monoisotopic (exact) mass is 307 g/mol. The fourth-order valence-corrected chi connectivity index (χ4v) is 2.47. The maximum atomic E-state index is 13.4. The second-order valence-corrected chi connectivity index (χ2v) is 5.20. The van der Waals surface area contributed by atoms with Crippen molar-refractivity contribution in [3.05, 3.63) is 46.5 Å². The minimum absolute atomic E-state index is 0.0674. The number of nitrogens with one attached hydrogen (secondary N) is 1. The number of aryl methyl sites for hydroxylation is 1. The van der Waals surface area contributed by atoms with Crippen LogP contribution in [-0.4, -0.2) is 28.6 Å². The Kier molecular flexibility index (Phi) is 5.51. The number of hydrogen-bond donors (Lipinski definition) is 2. The summed E-state index contributed by atoms with van der Waals surface area (Å²) >= 11 is 0. The molecule has 0 saturated heterocycles. The molecule has 0 unspecified atom stereocenters. The molecule has 0 radical (unpaired) electrons. The molecule has 6 heteroatoms. The quantitative estimate of drug-likeness (QED) is 0.820. The SMILES string of the molecule is COc1cc(F)cc(CNCc2c(C)nn(CCO)c2C)c1. The van der Waals surface area contributed by atoms with E-state index in [2.05, 4.69) is 10.4 Å². The highest BCUT2D eigenvalue weighted by Gasteiger charge is 2.10. The Hall–Kier alpha value is -1.92. The Bertz CT molecular complexity index is 641. The smallest absolute Gasteiger partial charge is 0.127 e. The molecule has 0 bridgehead atoms. The van der Waals surface area contributed by atoms with Crippen molar-refractivity contribution in [3.63, 3.8) is 0 Å². The average Bonchev–Trinajstić information content (AvgIpc) is 2.74. The molecule has 5 nitrogen and oxygen atoms in total. The second kappa shape index (κ2) is 7.38. The van der Waals surface area contributed by atoms with Crippen LogP contribution in [-0.2, 0) is 19.6 Å². The molecular formula is C16H22FN3O2. The minimum atomic E-state index is -0.306. The van der Waals surface area contributed by atoms with Crippen LogP contribution in [0.5, 0.6) is 5.75 Å². The number of halogens is 1. The Morgan fingerprint density at radius 1 is 1.27 bits per heavy atom. The van der Waals surface area contributed by atoms with Crippen molar-refractivity contribution >= 4 is 0 Å². The Labute approximate surface area is 129 Å². The van der Waals surface area contributed by atoms with E-state index in [9.17, 15) is 4.39 Å². The summed E-state index contributed by atoms with van der Waals surface area (Å²) in [6, 6.07) is 4.66. The molecule has 0 fully saturated rings. The molecule has 22 heavy (non-hydrogen) atoms. The lowest BCUT2D eigenvalue weighted by molar-refractivity contribution is 0.267. The molecule has 0 aliphatic heterocycles. The number of aliphatic hydroxyl groups is 1. The summed E-state index contributed by atoms with van der Waals surface area (Å²) in [7, 11) is 1.52. The molecule has 0 atom stereocenters. The van der Waals surface area contributed by atoms with Crippen LogP contribution in [0.4, 0.5) is 4.39 Å². The van der Waals surface area contributed by atoms with E-state index in [4.69, 9.17) is 9.84 Å². The highest BCUT2D eigenvalue weighted by atomic mass is 19.1.